The lowest BCUT2D eigenvalue weighted by atomic mass is 9.52. The van der Waals surface area contributed by atoms with E-state index in [2.05, 4.69) is 223 Å². The van der Waals surface area contributed by atoms with Crippen LogP contribution in [0.1, 0.15) is 44.5 Å². The van der Waals surface area contributed by atoms with Crippen LogP contribution in [0.4, 0.5) is 0 Å². The second-order valence-corrected chi connectivity index (χ2v) is 17.8. The molecule has 0 amide bonds. The van der Waals surface area contributed by atoms with Gasteiger partial charge in [-0.2, -0.15) is 0 Å². The van der Waals surface area contributed by atoms with Crippen molar-refractivity contribution in [3.05, 3.63) is 269 Å². The molecule has 2 nitrogen and oxygen atoms in total. The van der Waals surface area contributed by atoms with Gasteiger partial charge < -0.3 is 8.98 Å². The number of rotatable bonds is 2. The Morgan fingerprint density at radius 1 is 0.312 bits per heavy atom. The highest BCUT2D eigenvalue weighted by Gasteiger charge is 2.59. The fraction of sp³-hybridized carbons (Fsp3) is 0.0323. The Balaban J connectivity index is 1.02. The molecule has 2 aromatic heterocycles. The first-order valence-corrected chi connectivity index (χ1v) is 22.3. The summed E-state index contributed by atoms with van der Waals surface area (Å²) in [4.78, 5) is 0. The van der Waals surface area contributed by atoms with Crippen LogP contribution in [0.3, 0.4) is 0 Å². The van der Waals surface area contributed by atoms with Crippen molar-refractivity contribution in [3.8, 4) is 39.1 Å². The summed E-state index contributed by atoms with van der Waals surface area (Å²) in [7, 11) is 0. The van der Waals surface area contributed by atoms with Crippen LogP contribution in [0.5, 0.6) is 0 Å². The highest BCUT2D eigenvalue weighted by Crippen LogP contribution is 2.68. The maximum atomic E-state index is 6.56. The van der Waals surface area contributed by atoms with E-state index in [-0.39, 0.29) is 0 Å². The Morgan fingerprint density at radius 2 is 0.781 bits per heavy atom. The number of para-hydroxylation sites is 3. The van der Waals surface area contributed by atoms with E-state index in [0.29, 0.717) is 0 Å². The van der Waals surface area contributed by atoms with Gasteiger partial charge in [-0.25, -0.2) is 0 Å². The molecule has 64 heavy (non-hydrogen) atoms. The van der Waals surface area contributed by atoms with E-state index in [9.17, 15) is 0 Å². The Kier molecular flexibility index (Phi) is 6.58. The lowest BCUT2D eigenvalue weighted by Crippen LogP contribution is -2.43. The fourth-order valence-electron chi connectivity index (χ4n) is 12.8. The van der Waals surface area contributed by atoms with Gasteiger partial charge in [0.25, 0.3) is 0 Å². The molecule has 296 valence electrons. The predicted molar refractivity (Wildman–Crippen MR) is 262 cm³/mol. The molecule has 0 saturated heterocycles. The second kappa shape index (κ2) is 12.2. The van der Waals surface area contributed by atoms with Crippen LogP contribution in [0.15, 0.2) is 229 Å². The van der Waals surface area contributed by atoms with Crippen LogP contribution in [0, 0.1) is 0 Å². The summed E-state index contributed by atoms with van der Waals surface area (Å²) in [5, 5.41) is 4.72. The summed E-state index contributed by atoms with van der Waals surface area (Å²) in [6.07, 6.45) is 0. The first-order chi connectivity index (χ1) is 31.8. The molecule has 3 aliphatic carbocycles. The van der Waals surface area contributed by atoms with Crippen LogP contribution >= 0.6 is 0 Å². The molecular formula is C62H37NO. The lowest BCUT2D eigenvalue weighted by Gasteiger charge is -2.48. The smallest absolute Gasteiger partial charge is 0.143 e. The Hall–Kier alpha value is -8.20. The average molecular weight is 812 g/mol. The maximum Gasteiger partial charge on any atom is 0.143 e. The molecule has 12 aromatic rings. The molecule has 0 fully saturated rings. The van der Waals surface area contributed by atoms with E-state index in [1.165, 1.54) is 94.3 Å². The van der Waals surface area contributed by atoms with Gasteiger partial charge in [-0.05, 0) is 97.1 Å². The van der Waals surface area contributed by atoms with Gasteiger partial charge in [-0.3, -0.25) is 0 Å². The molecule has 15 rings (SSSR count). The standard InChI is InChI=1S/C62H37NO/c1-6-24-47-40(17-1)41-18-2-7-25-48(41)61(47)50-27-9-11-29-52(50)62(53-30-12-10-28-51(53)61)49-26-8-3-21-45(49)59-54(62)31-16-33-57(59)63-55-32-13-4-19-42(55)46-37-38(35-36-56(46)63)39-22-15-23-44-43-20-5-14-34-58(43)64-60(39)44/h1-37H. The third-order valence-corrected chi connectivity index (χ3v) is 15.1. The molecule has 0 N–H and O–H groups in total. The van der Waals surface area contributed by atoms with Crippen LogP contribution < -0.4 is 0 Å². The molecule has 0 bridgehead atoms. The van der Waals surface area contributed by atoms with Gasteiger partial charge in [0, 0.05) is 32.7 Å². The number of aromatic nitrogens is 1. The number of benzene rings is 10. The minimum atomic E-state index is -0.565. The Bertz CT molecular complexity index is 3890. The van der Waals surface area contributed by atoms with Crippen LogP contribution in [-0.2, 0) is 10.8 Å². The van der Waals surface area contributed by atoms with Crippen molar-refractivity contribution in [2.24, 2.45) is 0 Å². The highest BCUT2D eigenvalue weighted by atomic mass is 16.3. The number of fused-ring (bicyclic) bond motifs is 22. The van der Waals surface area contributed by atoms with E-state index in [1.54, 1.807) is 0 Å². The van der Waals surface area contributed by atoms with Gasteiger partial charge in [-0.15, -0.1) is 0 Å². The molecule has 0 saturated carbocycles. The fourth-order valence-corrected chi connectivity index (χ4v) is 12.8. The van der Waals surface area contributed by atoms with Gasteiger partial charge in [-0.1, -0.05) is 194 Å². The van der Waals surface area contributed by atoms with Gasteiger partial charge >= 0.3 is 0 Å². The minimum Gasteiger partial charge on any atom is -0.455 e. The summed E-state index contributed by atoms with van der Waals surface area (Å²) in [6, 6.07) is 84.0. The first kappa shape index (κ1) is 34.4. The predicted octanol–water partition coefficient (Wildman–Crippen LogP) is 15.4. The lowest BCUT2D eigenvalue weighted by molar-refractivity contribution is 0.633. The van der Waals surface area contributed by atoms with Crippen molar-refractivity contribution in [2.75, 3.05) is 0 Å². The molecule has 2 heterocycles. The summed E-state index contributed by atoms with van der Waals surface area (Å²) < 4.78 is 9.08. The SMILES string of the molecule is c1ccc2c(c1)-c1ccccc1C21c2ccccc2C2(c3ccccc3-c3c(-n4c5ccccc5c5cc(-c6cccc7c6oc6ccccc67)ccc54)cccc32)c2ccccc21. The minimum absolute atomic E-state index is 0.474. The maximum absolute atomic E-state index is 6.56. The molecule has 0 aliphatic heterocycles. The highest BCUT2D eigenvalue weighted by molar-refractivity contribution is 6.14. The number of furan rings is 1. The zero-order valence-corrected chi connectivity index (χ0v) is 34.7. The van der Waals surface area contributed by atoms with E-state index in [4.69, 9.17) is 4.42 Å². The summed E-state index contributed by atoms with van der Waals surface area (Å²) in [5.74, 6) is 0. The largest absolute Gasteiger partial charge is 0.455 e. The second-order valence-electron chi connectivity index (χ2n) is 17.8. The number of hydrogen-bond acceptors (Lipinski definition) is 1. The van der Waals surface area contributed by atoms with Crippen molar-refractivity contribution in [3.63, 3.8) is 0 Å². The van der Waals surface area contributed by atoms with Gasteiger partial charge in [0.2, 0.25) is 0 Å². The van der Waals surface area contributed by atoms with Crippen molar-refractivity contribution in [2.45, 2.75) is 10.8 Å². The van der Waals surface area contributed by atoms with Gasteiger partial charge in [0.1, 0.15) is 11.2 Å². The van der Waals surface area contributed by atoms with Gasteiger partial charge in [0.15, 0.2) is 0 Å². The normalized spacial score (nSPS) is 14.5. The molecule has 2 spiro atoms. The molecule has 0 atom stereocenters. The van der Waals surface area contributed by atoms with Crippen molar-refractivity contribution in [1.29, 1.82) is 0 Å². The molecule has 10 aromatic carbocycles. The van der Waals surface area contributed by atoms with Crippen LogP contribution in [0.2, 0.25) is 0 Å². The van der Waals surface area contributed by atoms with E-state index < -0.39 is 10.8 Å². The van der Waals surface area contributed by atoms with Crippen molar-refractivity contribution in [1.82, 2.24) is 4.57 Å². The zero-order chi connectivity index (χ0) is 41.7. The van der Waals surface area contributed by atoms with E-state index >= 15 is 0 Å². The summed E-state index contributed by atoms with van der Waals surface area (Å²) in [5.41, 5.74) is 22.5. The van der Waals surface area contributed by atoms with E-state index in [1.807, 2.05) is 6.07 Å². The van der Waals surface area contributed by atoms with Gasteiger partial charge in [0.05, 0.1) is 27.6 Å². The topological polar surface area (TPSA) is 18.1 Å². The molecule has 0 unspecified atom stereocenters. The molecule has 0 radical (unpaired) electrons. The third kappa shape index (κ3) is 3.99. The Labute approximate surface area is 369 Å². The quantitative estimate of drug-likeness (QED) is 0.170. The average Bonchev–Trinajstić information content (AvgIpc) is 4.08. The van der Waals surface area contributed by atoms with Crippen molar-refractivity contribution < 1.29 is 4.42 Å². The van der Waals surface area contributed by atoms with Crippen LogP contribution in [-0.4, -0.2) is 4.57 Å². The Morgan fingerprint density at radius 3 is 1.47 bits per heavy atom. The summed E-state index contributed by atoms with van der Waals surface area (Å²) in [6.45, 7) is 0. The molecular weight excluding hydrogens is 775 g/mol. The molecule has 3 aliphatic rings. The van der Waals surface area contributed by atoms with E-state index in [0.717, 1.165) is 33.1 Å². The summed E-state index contributed by atoms with van der Waals surface area (Å²) >= 11 is 0. The van der Waals surface area contributed by atoms with Crippen LogP contribution in [0.25, 0.3) is 82.8 Å². The number of nitrogens with zero attached hydrogens (tertiary/aromatic N) is 1. The zero-order valence-electron chi connectivity index (χ0n) is 34.7. The molecule has 2 heteroatoms. The first-order valence-electron chi connectivity index (χ1n) is 22.3. The monoisotopic (exact) mass is 811 g/mol. The van der Waals surface area contributed by atoms with Crippen molar-refractivity contribution >= 4 is 43.7 Å². The number of hydrogen-bond donors (Lipinski definition) is 0. The third-order valence-electron chi connectivity index (χ3n) is 15.1.